The zero-order valence-corrected chi connectivity index (χ0v) is 12.4. The molecule has 0 spiro atoms. The Hall–Kier alpha value is -2.11. The highest BCUT2D eigenvalue weighted by Crippen LogP contribution is 2.16. The molecule has 0 aliphatic heterocycles. The van der Waals surface area contributed by atoms with Crippen LogP contribution in [-0.2, 0) is 9.47 Å². The number of hydrogen-bond acceptors (Lipinski definition) is 5. The van der Waals surface area contributed by atoms with Crippen LogP contribution in [0.15, 0.2) is 12.3 Å². The normalized spacial score (nSPS) is 11.1. The maximum atomic E-state index is 12.0. The molecular formula is C14H19NO5. The van der Waals surface area contributed by atoms with E-state index in [0.29, 0.717) is 0 Å². The van der Waals surface area contributed by atoms with Gasteiger partial charge in [0.2, 0.25) is 0 Å². The lowest BCUT2D eigenvalue weighted by molar-refractivity contribution is 0.0483. The molecule has 0 radical (unpaired) electrons. The number of nitrogens with zero attached hydrogens (tertiary/aromatic N) is 1. The van der Waals surface area contributed by atoms with Gasteiger partial charge in [-0.1, -0.05) is 6.92 Å². The van der Waals surface area contributed by atoms with Gasteiger partial charge in [0.25, 0.3) is 0 Å². The van der Waals surface area contributed by atoms with Gasteiger partial charge in [0.1, 0.15) is 11.3 Å². The number of ether oxygens (including phenoxy) is 2. The lowest BCUT2D eigenvalue weighted by atomic mass is 10.2. The van der Waals surface area contributed by atoms with E-state index in [1.54, 1.807) is 27.7 Å². The van der Waals surface area contributed by atoms with Crippen LogP contribution in [0.3, 0.4) is 0 Å². The van der Waals surface area contributed by atoms with Crippen molar-refractivity contribution in [3.8, 4) is 0 Å². The first-order valence-electron chi connectivity index (χ1n) is 6.27. The first-order chi connectivity index (χ1) is 9.19. The van der Waals surface area contributed by atoms with Crippen LogP contribution >= 0.6 is 0 Å². The summed E-state index contributed by atoms with van der Waals surface area (Å²) in [7, 11) is 1.20. The number of aromatic nitrogens is 1. The number of Topliss-reactive ketones (excluding diaryl/α,β-unsaturated/α-hetero) is 1. The number of carbonyl (C=O) groups is 3. The minimum Gasteiger partial charge on any atom is -0.464 e. The average Bonchev–Trinajstić information content (AvgIpc) is 2.79. The Morgan fingerprint density at radius 3 is 2.30 bits per heavy atom. The van der Waals surface area contributed by atoms with E-state index in [9.17, 15) is 14.4 Å². The van der Waals surface area contributed by atoms with Crippen molar-refractivity contribution in [3.05, 3.63) is 23.5 Å². The van der Waals surface area contributed by atoms with Gasteiger partial charge in [0.05, 0.1) is 7.11 Å². The molecule has 0 aliphatic rings. The zero-order chi connectivity index (χ0) is 15.5. The molecule has 0 unspecified atom stereocenters. The van der Waals surface area contributed by atoms with Crippen LogP contribution in [0.1, 0.15) is 55.0 Å². The summed E-state index contributed by atoms with van der Waals surface area (Å²) < 4.78 is 10.8. The molecule has 0 fully saturated rings. The molecule has 6 heteroatoms. The molecule has 0 aliphatic carbocycles. The van der Waals surface area contributed by atoms with E-state index in [0.717, 1.165) is 4.57 Å². The first kappa shape index (κ1) is 15.9. The van der Waals surface area contributed by atoms with Crippen molar-refractivity contribution in [3.63, 3.8) is 0 Å². The Labute approximate surface area is 117 Å². The van der Waals surface area contributed by atoms with Gasteiger partial charge >= 0.3 is 12.1 Å². The SMILES string of the molecule is CCC(=O)c1cc(C(=O)OC)n(C(=O)OC(C)(C)C)c1. The monoisotopic (exact) mass is 281 g/mol. The summed E-state index contributed by atoms with van der Waals surface area (Å²) in [6.45, 7) is 6.84. The molecular weight excluding hydrogens is 262 g/mol. The number of rotatable bonds is 3. The van der Waals surface area contributed by atoms with E-state index in [1.807, 2.05) is 0 Å². The predicted octanol–water partition coefficient (Wildman–Crippen LogP) is 2.65. The zero-order valence-electron chi connectivity index (χ0n) is 12.4. The molecule has 1 aromatic heterocycles. The maximum absolute atomic E-state index is 12.0. The summed E-state index contributed by atoms with van der Waals surface area (Å²) in [4.78, 5) is 35.4. The minimum atomic E-state index is -0.729. The van der Waals surface area contributed by atoms with Crippen molar-refractivity contribution in [1.29, 1.82) is 0 Å². The van der Waals surface area contributed by atoms with E-state index in [-0.39, 0.29) is 23.5 Å². The van der Waals surface area contributed by atoms with E-state index in [4.69, 9.17) is 4.74 Å². The summed E-state index contributed by atoms with van der Waals surface area (Å²) in [6.07, 6.45) is 0.846. The Balaban J connectivity index is 3.22. The van der Waals surface area contributed by atoms with Gasteiger partial charge in [-0.05, 0) is 26.8 Å². The summed E-state index contributed by atoms with van der Waals surface area (Å²) >= 11 is 0. The van der Waals surface area contributed by atoms with E-state index >= 15 is 0 Å². The highest BCUT2D eigenvalue weighted by molar-refractivity contribution is 6.00. The number of esters is 1. The highest BCUT2D eigenvalue weighted by atomic mass is 16.6. The molecule has 6 nitrogen and oxygen atoms in total. The van der Waals surface area contributed by atoms with Crippen LogP contribution in [0.4, 0.5) is 4.79 Å². The second kappa shape index (κ2) is 5.90. The fourth-order valence-corrected chi connectivity index (χ4v) is 1.54. The van der Waals surface area contributed by atoms with Gasteiger partial charge in [0, 0.05) is 18.2 Å². The molecule has 0 N–H and O–H groups in total. The standard InChI is InChI=1S/C14H19NO5/c1-6-11(16)9-7-10(12(17)19-5)15(8-9)13(18)20-14(2,3)4/h7-8H,6H2,1-5H3. The van der Waals surface area contributed by atoms with Gasteiger partial charge in [-0.2, -0.15) is 0 Å². The molecule has 0 bridgehead atoms. The van der Waals surface area contributed by atoms with Gasteiger partial charge < -0.3 is 9.47 Å². The predicted molar refractivity (Wildman–Crippen MR) is 72.0 cm³/mol. The summed E-state index contributed by atoms with van der Waals surface area (Å²) in [5, 5.41) is 0. The molecule has 0 amide bonds. The van der Waals surface area contributed by atoms with E-state index in [1.165, 1.54) is 19.4 Å². The van der Waals surface area contributed by atoms with Crippen LogP contribution in [-0.4, -0.2) is 35.1 Å². The minimum absolute atomic E-state index is 0.0291. The Morgan fingerprint density at radius 1 is 1.25 bits per heavy atom. The molecule has 110 valence electrons. The van der Waals surface area contributed by atoms with Crippen LogP contribution in [0, 0.1) is 0 Å². The average molecular weight is 281 g/mol. The van der Waals surface area contributed by atoms with Crippen LogP contribution in [0.2, 0.25) is 0 Å². The van der Waals surface area contributed by atoms with Gasteiger partial charge in [-0.15, -0.1) is 0 Å². The summed E-state index contributed by atoms with van der Waals surface area (Å²) in [6, 6.07) is 1.33. The quantitative estimate of drug-likeness (QED) is 0.629. The smallest absolute Gasteiger partial charge is 0.419 e. The van der Waals surface area contributed by atoms with E-state index in [2.05, 4.69) is 4.74 Å². The van der Waals surface area contributed by atoms with Crippen molar-refractivity contribution in [1.82, 2.24) is 4.57 Å². The maximum Gasteiger partial charge on any atom is 0.419 e. The Morgan fingerprint density at radius 2 is 1.85 bits per heavy atom. The second-order valence-electron chi connectivity index (χ2n) is 5.23. The third kappa shape index (κ3) is 3.69. The molecule has 1 aromatic rings. The van der Waals surface area contributed by atoms with Crippen molar-refractivity contribution in [2.75, 3.05) is 7.11 Å². The first-order valence-corrected chi connectivity index (χ1v) is 6.27. The van der Waals surface area contributed by atoms with Crippen LogP contribution in [0.25, 0.3) is 0 Å². The fraction of sp³-hybridized carbons (Fsp3) is 0.500. The highest BCUT2D eigenvalue weighted by Gasteiger charge is 2.25. The van der Waals surface area contributed by atoms with Gasteiger partial charge in [0.15, 0.2) is 5.78 Å². The second-order valence-corrected chi connectivity index (χ2v) is 5.23. The largest absolute Gasteiger partial charge is 0.464 e. The molecule has 0 saturated heterocycles. The molecule has 0 atom stereocenters. The van der Waals surface area contributed by atoms with Crippen molar-refractivity contribution in [2.45, 2.75) is 39.7 Å². The summed E-state index contributed by atoms with van der Waals surface area (Å²) in [5.41, 5.74) is -0.457. The molecule has 0 aromatic carbocycles. The fourth-order valence-electron chi connectivity index (χ4n) is 1.54. The number of carbonyl (C=O) groups excluding carboxylic acids is 3. The number of ketones is 1. The van der Waals surface area contributed by atoms with Gasteiger partial charge in [-0.25, -0.2) is 14.2 Å². The topological polar surface area (TPSA) is 74.6 Å². The molecule has 1 heterocycles. The molecule has 1 rings (SSSR count). The van der Waals surface area contributed by atoms with Crippen molar-refractivity contribution in [2.24, 2.45) is 0 Å². The lowest BCUT2D eigenvalue weighted by Crippen LogP contribution is -2.28. The van der Waals surface area contributed by atoms with Crippen LogP contribution in [0.5, 0.6) is 0 Å². The molecule has 0 saturated carbocycles. The third-order valence-corrected chi connectivity index (χ3v) is 2.45. The number of hydrogen-bond donors (Lipinski definition) is 0. The third-order valence-electron chi connectivity index (χ3n) is 2.45. The van der Waals surface area contributed by atoms with Crippen molar-refractivity contribution >= 4 is 17.8 Å². The lowest BCUT2D eigenvalue weighted by Gasteiger charge is -2.20. The van der Waals surface area contributed by atoms with Gasteiger partial charge in [-0.3, -0.25) is 4.79 Å². The molecule has 20 heavy (non-hydrogen) atoms. The Kier molecular flexibility index (Phi) is 4.70. The van der Waals surface area contributed by atoms with E-state index < -0.39 is 17.7 Å². The number of methoxy groups -OCH3 is 1. The van der Waals surface area contributed by atoms with Crippen molar-refractivity contribution < 1.29 is 23.9 Å². The summed E-state index contributed by atoms with van der Waals surface area (Å²) in [5.74, 6) is -0.872. The Bertz CT molecular complexity index is 536. The van der Waals surface area contributed by atoms with Crippen LogP contribution < -0.4 is 0 Å².